The number of ether oxygens (including phenoxy) is 1. The number of nitrogens with zero attached hydrogens (tertiary/aromatic N) is 1. The molecule has 1 amide bonds. The van der Waals surface area contributed by atoms with Gasteiger partial charge in [-0.1, -0.05) is 12.1 Å². The first-order valence-electron chi connectivity index (χ1n) is 8.74. The molecule has 0 bridgehead atoms. The Hall–Kier alpha value is -1.59. The highest BCUT2D eigenvalue weighted by Gasteiger charge is 2.37. The second kappa shape index (κ2) is 7.99. The smallest absolute Gasteiger partial charge is 0.222 e. The van der Waals surface area contributed by atoms with Crippen LogP contribution in [-0.2, 0) is 11.2 Å². The van der Waals surface area contributed by atoms with E-state index >= 15 is 0 Å². The maximum absolute atomic E-state index is 12.3. The summed E-state index contributed by atoms with van der Waals surface area (Å²) in [5.74, 6) is 0.957. The van der Waals surface area contributed by atoms with Crippen LogP contribution in [0.2, 0.25) is 0 Å². The molecule has 0 saturated carbocycles. The largest absolute Gasteiger partial charge is 0.494 e. The van der Waals surface area contributed by atoms with E-state index in [9.17, 15) is 15.0 Å². The minimum absolute atomic E-state index is 0.0483. The SMILES string of the molecule is CCOc1ccc(CCCC(=O)N2CC[C@](C)(O)[C@H](O)C2)cc1C. The van der Waals surface area contributed by atoms with E-state index in [1.54, 1.807) is 11.8 Å². The van der Waals surface area contributed by atoms with Crippen LogP contribution >= 0.6 is 0 Å². The van der Waals surface area contributed by atoms with Crippen molar-refractivity contribution in [2.24, 2.45) is 0 Å². The van der Waals surface area contributed by atoms with E-state index in [0.29, 0.717) is 26.0 Å². The van der Waals surface area contributed by atoms with Gasteiger partial charge >= 0.3 is 0 Å². The Morgan fingerprint density at radius 1 is 1.46 bits per heavy atom. The van der Waals surface area contributed by atoms with Crippen LogP contribution < -0.4 is 4.74 Å². The van der Waals surface area contributed by atoms with Crippen molar-refractivity contribution in [3.63, 3.8) is 0 Å². The molecule has 5 heteroatoms. The minimum Gasteiger partial charge on any atom is -0.494 e. The van der Waals surface area contributed by atoms with Gasteiger partial charge < -0.3 is 19.8 Å². The molecule has 0 aliphatic carbocycles. The van der Waals surface area contributed by atoms with Gasteiger partial charge in [0, 0.05) is 19.5 Å². The monoisotopic (exact) mass is 335 g/mol. The molecule has 1 saturated heterocycles. The topological polar surface area (TPSA) is 70.0 Å². The predicted molar refractivity (Wildman–Crippen MR) is 93.1 cm³/mol. The molecule has 1 aromatic rings. The molecule has 134 valence electrons. The predicted octanol–water partition coefficient (Wildman–Crippen LogP) is 2.06. The van der Waals surface area contributed by atoms with E-state index in [-0.39, 0.29) is 12.5 Å². The zero-order valence-corrected chi connectivity index (χ0v) is 14.9. The zero-order chi connectivity index (χ0) is 17.7. The lowest BCUT2D eigenvalue weighted by Gasteiger charge is -2.40. The molecule has 0 spiro atoms. The molecule has 1 aliphatic heterocycles. The Morgan fingerprint density at radius 2 is 2.21 bits per heavy atom. The Labute approximate surface area is 144 Å². The summed E-state index contributed by atoms with van der Waals surface area (Å²) < 4.78 is 5.54. The molecule has 1 aliphatic rings. The van der Waals surface area contributed by atoms with Crippen LogP contribution in [0, 0.1) is 6.92 Å². The maximum atomic E-state index is 12.3. The summed E-state index contributed by atoms with van der Waals surface area (Å²) in [6.07, 6.45) is 1.62. The van der Waals surface area contributed by atoms with Crippen molar-refractivity contribution in [3.05, 3.63) is 29.3 Å². The number of benzene rings is 1. The van der Waals surface area contributed by atoms with Gasteiger partial charge in [0.2, 0.25) is 5.91 Å². The van der Waals surface area contributed by atoms with E-state index in [2.05, 4.69) is 6.07 Å². The molecular formula is C19H29NO4. The molecule has 5 nitrogen and oxygen atoms in total. The third-order valence-electron chi connectivity index (χ3n) is 4.75. The third-order valence-corrected chi connectivity index (χ3v) is 4.75. The number of aliphatic hydroxyl groups excluding tert-OH is 1. The van der Waals surface area contributed by atoms with Crippen LogP contribution in [0.15, 0.2) is 18.2 Å². The number of amides is 1. The van der Waals surface area contributed by atoms with Crippen molar-refractivity contribution in [2.45, 2.75) is 58.2 Å². The van der Waals surface area contributed by atoms with Crippen LogP contribution in [0.3, 0.4) is 0 Å². The minimum atomic E-state index is -1.09. The number of rotatable bonds is 6. The van der Waals surface area contributed by atoms with Crippen LogP contribution in [0.1, 0.15) is 44.2 Å². The molecule has 2 rings (SSSR count). The third kappa shape index (κ3) is 4.71. The number of carbonyl (C=O) groups excluding carboxylic acids is 1. The number of hydrogen-bond acceptors (Lipinski definition) is 4. The van der Waals surface area contributed by atoms with Gasteiger partial charge in [-0.3, -0.25) is 4.79 Å². The van der Waals surface area contributed by atoms with Gasteiger partial charge in [-0.2, -0.15) is 0 Å². The molecule has 0 radical (unpaired) electrons. The first-order valence-corrected chi connectivity index (χ1v) is 8.74. The number of β-amino-alcohol motifs (C(OH)–C–C–N with tert-alkyl or cyclic N) is 1. The lowest BCUT2D eigenvalue weighted by atomic mass is 9.90. The van der Waals surface area contributed by atoms with E-state index in [1.165, 1.54) is 5.56 Å². The zero-order valence-electron chi connectivity index (χ0n) is 14.9. The van der Waals surface area contributed by atoms with Crippen molar-refractivity contribution >= 4 is 5.91 Å². The van der Waals surface area contributed by atoms with Gasteiger partial charge in [-0.15, -0.1) is 0 Å². The lowest BCUT2D eigenvalue weighted by molar-refractivity contribution is -0.146. The molecule has 0 aromatic heterocycles. The molecule has 0 unspecified atom stereocenters. The lowest BCUT2D eigenvalue weighted by Crippen LogP contribution is -2.55. The van der Waals surface area contributed by atoms with Crippen molar-refractivity contribution in [1.82, 2.24) is 4.90 Å². The number of aryl methyl sites for hydroxylation is 2. The molecular weight excluding hydrogens is 306 g/mol. The van der Waals surface area contributed by atoms with Gasteiger partial charge in [0.15, 0.2) is 0 Å². The fraction of sp³-hybridized carbons (Fsp3) is 0.632. The van der Waals surface area contributed by atoms with Crippen molar-refractivity contribution in [2.75, 3.05) is 19.7 Å². The quantitative estimate of drug-likeness (QED) is 0.835. The summed E-state index contributed by atoms with van der Waals surface area (Å²) in [7, 11) is 0. The molecule has 2 atom stereocenters. The summed E-state index contributed by atoms with van der Waals surface area (Å²) >= 11 is 0. The number of likely N-dealkylation sites (tertiary alicyclic amines) is 1. The Balaban J connectivity index is 1.80. The molecule has 24 heavy (non-hydrogen) atoms. The Morgan fingerprint density at radius 3 is 2.83 bits per heavy atom. The fourth-order valence-corrected chi connectivity index (χ4v) is 3.04. The Kier molecular flexibility index (Phi) is 6.24. The summed E-state index contributed by atoms with van der Waals surface area (Å²) in [4.78, 5) is 13.9. The van der Waals surface area contributed by atoms with E-state index < -0.39 is 11.7 Å². The summed E-state index contributed by atoms with van der Waals surface area (Å²) in [6, 6.07) is 6.14. The molecule has 1 heterocycles. The first kappa shape index (κ1) is 18.7. The van der Waals surface area contributed by atoms with Crippen molar-refractivity contribution < 1.29 is 19.7 Å². The fourth-order valence-electron chi connectivity index (χ4n) is 3.04. The number of aliphatic hydroxyl groups is 2. The van der Waals surface area contributed by atoms with Gasteiger partial charge in [0.05, 0.1) is 18.3 Å². The van der Waals surface area contributed by atoms with Gasteiger partial charge in [-0.05, 0) is 57.2 Å². The summed E-state index contributed by atoms with van der Waals surface area (Å²) in [5, 5.41) is 19.9. The van der Waals surface area contributed by atoms with Crippen LogP contribution in [-0.4, -0.2) is 52.4 Å². The van der Waals surface area contributed by atoms with Gasteiger partial charge in [0.1, 0.15) is 5.75 Å². The van der Waals surface area contributed by atoms with E-state index in [1.807, 2.05) is 26.0 Å². The highest BCUT2D eigenvalue weighted by atomic mass is 16.5. The number of carbonyl (C=O) groups is 1. The Bertz CT molecular complexity index is 570. The average Bonchev–Trinajstić information content (AvgIpc) is 2.52. The number of hydrogen-bond donors (Lipinski definition) is 2. The second-order valence-electron chi connectivity index (χ2n) is 6.85. The summed E-state index contributed by atoms with van der Waals surface area (Å²) in [5.41, 5.74) is 1.23. The normalized spacial score (nSPS) is 24.0. The second-order valence-corrected chi connectivity index (χ2v) is 6.85. The molecule has 2 N–H and O–H groups in total. The summed E-state index contributed by atoms with van der Waals surface area (Å²) in [6.45, 7) is 6.99. The van der Waals surface area contributed by atoms with E-state index in [4.69, 9.17) is 4.74 Å². The standard InChI is InChI=1S/C19H29NO4/c1-4-24-16-9-8-15(12-14(16)2)6-5-7-18(22)20-11-10-19(3,23)17(21)13-20/h8-9,12,17,21,23H,4-7,10-11,13H2,1-3H3/t17-,19+/m1/s1. The van der Waals surface area contributed by atoms with Crippen LogP contribution in [0.4, 0.5) is 0 Å². The average molecular weight is 335 g/mol. The van der Waals surface area contributed by atoms with Crippen molar-refractivity contribution in [3.8, 4) is 5.75 Å². The number of piperidine rings is 1. The highest BCUT2D eigenvalue weighted by Crippen LogP contribution is 2.23. The van der Waals surface area contributed by atoms with Gasteiger partial charge in [-0.25, -0.2) is 0 Å². The molecule has 1 fully saturated rings. The first-order chi connectivity index (χ1) is 11.3. The maximum Gasteiger partial charge on any atom is 0.222 e. The van der Waals surface area contributed by atoms with Crippen LogP contribution in [0.5, 0.6) is 5.75 Å². The van der Waals surface area contributed by atoms with Crippen molar-refractivity contribution in [1.29, 1.82) is 0 Å². The molecule has 1 aromatic carbocycles. The van der Waals surface area contributed by atoms with Crippen LogP contribution in [0.25, 0.3) is 0 Å². The van der Waals surface area contributed by atoms with Gasteiger partial charge in [0.25, 0.3) is 0 Å². The highest BCUT2D eigenvalue weighted by molar-refractivity contribution is 5.76. The van der Waals surface area contributed by atoms with E-state index in [0.717, 1.165) is 24.2 Å².